The average molecular weight is 463 g/mol. The lowest BCUT2D eigenvalue weighted by molar-refractivity contribution is 0.288. The Morgan fingerprint density at radius 2 is 1.00 bits per heavy atom. The van der Waals surface area contributed by atoms with Crippen molar-refractivity contribution in [1.29, 1.82) is 0 Å². The van der Waals surface area contributed by atoms with Crippen LogP contribution < -0.4 is 19.3 Å². The summed E-state index contributed by atoms with van der Waals surface area (Å²) in [5.41, 5.74) is 7.11. The summed E-state index contributed by atoms with van der Waals surface area (Å²) in [5, 5.41) is 0. The summed E-state index contributed by atoms with van der Waals surface area (Å²) in [6.07, 6.45) is 0. The van der Waals surface area contributed by atoms with Gasteiger partial charge in [0, 0.05) is 41.0 Å². The summed E-state index contributed by atoms with van der Waals surface area (Å²) in [7, 11) is 0. The molecule has 6 rings (SSSR count). The van der Waals surface area contributed by atoms with E-state index in [9.17, 15) is 0 Å². The van der Waals surface area contributed by atoms with Gasteiger partial charge in [-0.3, -0.25) is 0 Å². The maximum absolute atomic E-state index is 6.20. The molecule has 4 heteroatoms. The van der Waals surface area contributed by atoms with Crippen molar-refractivity contribution < 1.29 is 9.47 Å². The Labute approximate surface area is 207 Å². The van der Waals surface area contributed by atoms with E-state index in [2.05, 4.69) is 109 Å². The molecule has 0 aliphatic carbocycles. The molecular weight excluding hydrogens is 432 g/mol. The molecule has 176 valence electrons. The summed E-state index contributed by atoms with van der Waals surface area (Å²) in [4.78, 5) is 4.51. The highest BCUT2D eigenvalue weighted by Gasteiger charge is 2.28. The van der Waals surface area contributed by atoms with Crippen molar-refractivity contribution in [3.8, 4) is 11.5 Å². The van der Waals surface area contributed by atoms with Crippen molar-refractivity contribution in [2.75, 3.05) is 23.3 Å². The van der Waals surface area contributed by atoms with Crippen LogP contribution in [0.5, 0.6) is 11.5 Å². The number of anilines is 2. The molecule has 4 nitrogen and oxygen atoms in total. The molecule has 0 saturated heterocycles. The zero-order valence-corrected chi connectivity index (χ0v) is 20.3. The molecule has 0 saturated carbocycles. The van der Waals surface area contributed by atoms with Gasteiger partial charge in [0.25, 0.3) is 0 Å². The first-order valence-electron chi connectivity index (χ1n) is 12.2. The molecule has 0 radical (unpaired) electrons. The van der Waals surface area contributed by atoms with Crippen LogP contribution in [0.1, 0.15) is 36.1 Å². The van der Waals surface area contributed by atoms with Gasteiger partial charge in [-0.1, -0.05) is 74.5 Å². The van der Waals surface area contributed by atoms with E-state index in [4.69, 9.17) is 9.47 Å². The quantitative estimate of drug-likeness (QED) is 0.336. The lowest BCUT2D eigenvalue weighted by atomic mass is 9.77. The molecule has 0 N–H and O–H groups in total. The predicted molar refractivity (Wildman–Crippen MR) is 141 cm³/mol. The van der Waals surface area contributed by atoms with Gasteiger partial charge in [-0.15, -0.1) is 0 Å². The maximum atomic E-state index is 6.20. The maximum Gasteiger partial charge on any atom is 0.161 e. The van der Waals surface area contributed by atoms with Crippen LogP contribution in [0.25, 0.3) is 0 Å². The van der Waals surface area contributed by atoms with Crippen LogP contribution >= 0.6 is 0 Å². The van der Waals surface area contributed by atoms with Gasteiger partial charge in [0.1, 0.15) is 11.5 Å². The highest BCUT2D eigenvalue weighted by molar-refractivity contribution is 5.54. The molecular formula is C31H30N2O2. The number of benzene rings is 4. The molecule has 0 amide bonds. The summed E-state index contributed by atoms with van der Waals surface area (Å²) < 4.78 is 12.4. The van der Waals surface area contributed by atoms with Gasteiger partial charge in [-0.25, -0.2) is 0 Å². The van der Waals surface area contributed by atoms with Gasteiger partial charge >= 0.3 is 0 Å². The summed E-state index contributed by atoms with van der Waals surface area (Å²) >= 11 is 0. The SMILES string of the molecule is CC(C)(c1ccc2c(c1)OCN(c1ccccc1)C2)c1ccc2c(c1)OCN(c1ccccc1)C2. The number of hydrogen-bond donors (Lipinski definition) is 0. The first-order chi connectivity index (χ1) is 17.1. The van der Waals surface area contributed by atoms with Crippen molar-refractivity contribution in [2.45, 2.75) is 32.4 Å². The van der Waals surface area contributed by atoms with E-state index in [-0.39, 0.29) is 5.41 Å². The van der Waals surface area contributed by atoms with Gasteiger partial charge in [0.2, 0.25) is 0 Å². The third-order valence-electron chi connectivity index (χ3n) is 7.29. The first-order valence-corrected chi connectivity index (χ1v) is 12.2. The monoisotopic (exact) mass is 462 g/mol. The number of para-hydroxylation sites is 2. The molecule has 2 heterocycles. The Bertz CT molecular complexity index is 1230. The number of fused-ring (bicyclic) bond motifs is 2. The standard InChI is InChI=1S/C31H30N2O2/c1-31(2,25-15-13-23-19-32(21-34-29(23)17-25)27-9-5-3-6-10-27)26-16-14-24-20-33(22-35-30(24)18-26)28-11-7-4-8-12-28/h3-18H,19-22H2,1-2H3. The lowest BCUT2D eigenvalue weighted by Gasteiger charge is -2.34. The zero-order chi connectivity index (χ0) is 23.8. The van der Waals surface area contributed by atoms with Crippen LogP contribution in [0, 0.1) is 0 Å². The number of hydrogen-bond acceptors (Lipinski definition) is 4. The third-order valence-corrected chi connectivity index (χ3v) is 7.29. The fourth-order valence-corrected chi connectivity index (χ4v) is 4.99. The highest BCUT2D eigenvalue weighted by Crippen LogP contribution is 2.39. The van der Waals surface area contributed by atoms with Crippen LogP contribution in [0.2, 0.25) is 0 Å². The minimum Gasteiger partial charge on any atom is -0.473 e. The summed E-state index contributed by atoms with van der Waals surface area (Å²) in [5.74, 6) is 1.96. The number of nitrogens with zero attached hydrogens (tertiary/aromatic N) is 2. The molecule has 0 bridgehead atoms. The topological polar surface area (TPSA) is 24.9 Å². The van der Waals surface area contributed by atoms with Crippen LogP contribution in [0.4, 0.5) is 11.4 Å². The van der Waals surface area contributed by atoms with Gasteiger partial charge < -0.3 is 19.3 Å². The molecule has 0 fully saturated rings. The van der Waals surface area contributed by atoms with E-state index in [1.165, 1.54) is 33.6 Å². The van der Waals surface area contributed by atoms with Crippen molar-refractivity contribution in [3.63, 3.8) is 0 Å². The molecule has 0 aromatic heterocycles. The average Bonchev–Trinajstić information content (AvgIpc) is 2.93. The van der Waals surface area contributed by atoms with Crippen LogP contribution in [-0.2, 0) is 18.5 Å². The van der Waals surface area contributed by atoms with Crippen molar-refractivity contribution in [2.24, 2.45) is 0 Å². The first kappa shape index (κ1) is 21.6. The number of ether oxygens (including phenoxy) is 2. The van der Waals surface area contributed by atoms with Crippen LogP contribution in [0.3, 0.4) is 0 Å². The van der Waals surface area contributed by atoms with E-state index in [0.29, 0.717) is 13.5 Å². The van der Waals surface area contributed by atoms with Crippen LogP contribution in [-0.4, -0.2) is 13.5 Å². The minimum atomic E-state index is -0.177. The molecule has 35 heavy (non-hydrogen) atoms. The molecule has 0 unspecified atom stereocenters. The van der Waals surface area contributed by atoms with Gasteiger partial charge in [0.05, 0.1) is 0 Å². The van der Waals surface area contributed by atoms with E-state index in [0.717, 1.165) is 24.6 Å². The Morgan fingerprint density at radius 1 is 0.571 bits per heavy atom. The minimum absolute atomic E-state index is 0.177. The van der Waals surface area contributed by atoms with Crippen molar-refractivity contribution in [1.82, 2.24) is 0 Å². The fourth-order valence-electron chi connectivity index (χ4n) is 4.99. The van der Waals surface area contributed by atoms with Gasteiger partial charge in [-0.05, 0) is 47.5 Å². The molecule has 4 aromatic carbocycles. The normalized spacial score (nSPS) is 15.0. The largest absolute Gasteiger partial charge is 0.473 e. The molecule has 2 aliphatic rings. The third kappa shape index (κ3) is 4.10. The number of rotatable bonds is 4. The molecule has 0 spiro atoms. The zero-order valence-electron chi connectivity index (χ0n) is 20.3. The van der Waals surface area contributed by atoms with Gasteiger partial charge in [-0.2, -0.15) is 0 Å². The summed E-state index contributed by atoms with van der Waals surface area (Å²) in [6.45, 7) is 7.37. The Balaban J connectivity index is 1.23. The second-order valence-corrected chi connectivity index (χ2v) is 9.88. The van der Waals surface area contributed by atoms with E-state index >= 15 is 0 Å². The lowest BCUT2D eigenvalue weighted by Crippen LogP contribution is -2.32. The van der Waals surface area contributed by atoms with Crippen LogP contribution in [0.15, 0.2) is 97.1 Å². The second-order valence-electron chi connectivity index (χ2n) is 9.88. The molecule has 4 aromatic rings. The predicted octanol–water partition coefficient (Wildman–Crippen LogP) is 6.73. The summed E-state index contributed by atoms with van der Waals surface area (Å²) in [6, 6.07) is 34.2. The Kier molecular flexibility index (Phi) is 5.37. The van der Waals surface area contributed by atoms with Gasteiger partial charge in [0.15, 0.2) is 13.5 Å². The highest BCUT2D eigenvalue weighted by atomic mass is 16.5. The second kappa shape index (κ2) is 8.70. The van der Waals surface area contributed by atoms with E-state index < -0.39 is 0 Å². The van der Waals surface area contributed by atoms with E-state index in [1.807, 2.05) is 12.1 Å². The Hall–Kier alpha value is -3.92. The van der Waals surface area contributed by atoms with Crippen molar-refractivity contribution >= 4 is 11.4 Å². The van der Waals surface area contributed by atoms with E-state index in [1.54, 1.807) is 0 Å². The Morgan fingerprint density at radius 3 is 1.43 bits per heavy atom. The smallest absolute Gasteiger partial charge is 0.161 e. The fraction of sp³-hybridized carbons (Fsp3) is 0.226. The molecule has 0 atom stereocenters. The van der Waals surface area contributed by atoms with Crippen molar-refractivity contribution in [3.05, 3.63) is 119 Å². The molecule has 2 aliphatic heterocycles.